The van der Waals surface area contributed by atoms with Gasteiger partial charge in [0.2, 0.25) is 0 Å². The van der Waals surface area contributed by atoms with Gasteiger partial charge in [-0.3, -0.25) is 0 Å². The summed E-state index contributed by atoms with van der Waals surface area (Å²) in [6.07, 6.45) is 0. The van der Waals surface area contributed by atoms with Gasteiger partial charge in [0.1, 0.15) is 5.82 Å². The lowest BCUT2D eigenvalue weighted by Gasteiger charge is -2.24. The molecule has 0 bridgehead atoms. The third kappa shape index (κ3) is 2.92. The molecule has 0 aliphatic carbocycles. The van der Waals surface area contributed by atoms with Crippen molar-refractivity contribution in [3.05, 3.63) is 54.3 Å². The molecule has 4 heteroatoms. The third-order valence-electron chi connectivity index (χ3n) is 3.42. The molecule has 0 aromatic heterocycles. The van der Waals surface area contributed by atoms with Crippen LogP contribution in [0.3, 0.4) is 0 Å². The van der Waals surface area contributed by atoms with Crippen LogP contribution >= 0.6 is 0 Å². The molecule has 0 saturated carbocycles. The van der Waals surface area contributed by atoms with Crippen LogP contribution in [0.4, 0.5) is 4.39 Å². The summed E-state index contributed by atoms with van der Waals surface area (Å²) in [5.41, 5.74) is 3.07. The number of benzene rings is 2. The zero-order chi connectivity index (χ0) is 13.9. The molecule has 1 fully saturated rings. The zero-order valence-corrected chi connectivity index (χ0v) is 11.4. The van der Waals surface area contributed by atoms with E-state index >= 15 is 0 Å². The largest absolute Gasteiger partial charge is 0.493 e. The van der Waals surface area contributed by atoms with E-state index in [2.05, 4.69) is 6.92 Å². The lowest BCUT2D eigenvalue weighted by atomic mass is 9.77. The first-order chi connectivity index (χ1) is 9.72. The summed E-state index contributed by atoms with van der Waals surface area (Å²) >= 11 is 0. The van der Waals surface area contributed by atoms with E-state index in [1.807, 2.05) is 24.3 Å². The highest BCUT2D eigenvalue weighted by molar-refractivity contribution is 6.61. The summed E-state index contributed by atoms with van der Waals surface area (Å²) in [5, 5.41) is 0. The summed E-state index contributed by atoms with van der Waals surface area (Å²) in [5.74, 6) is 0.230. The fraction of sp³-hybridized carbons (Fsp3) is 0.250. The van der Waals surface area contributed by atoms with Crippen LogP contribution < -0.4 is 5.46 Å². The Morgan fingerprint density at radius 2 is 1.40 bits per heavy atom. The average molecular weight is 270 g/mol. The van der Waals surface area contributed by atoms with Crippen molar-refractivity contribution in [3.63, 3.8) is 0 Å². The van der Waals surface area contributed by atoms with Crippen LogP contribution in [0.25, 0.3) is 11.1 Å². The average Bonchev–Trinajstić information content (AvgIpc) is 2.49. The maximum Gasteiger partial charge on any atom is 0.493 e. The maximum absolute atomic E-state index is 12.9. The Morgan fingerprint density at radius 1 is 0.900 bits per heavy atom. The molecule has 1 aliphatic heterocycles. The molecule has 0 radical (unpaired) electrons. The SMILES string of the molecule is CC1COB(c2ccc(-c3ccc(F)cc3)cc2)OC1. The van der Waals surface area contributed by atoms with Crippen molar-refractivity contribution in [1.82, 2.24) is 0 Å². The predicted octanol–water partition coefficient (Wildman–Crippen LogP) is 2.87. The first-order valence-corrected chi connectivity index (χ1v) is 6.81. The van der Waals surface area contributed by atoms with Crippen molar-refractivity contribution < 1.29 is 13.7 Å². The molecule has 0 atom stereocenters. The van der Waals surface area contributed by atoms with Crippen molar-refractivity contribution in [3.8, 4) is 11.1 Å². The molecule has 0 spiro atoms. The second-order valence-corrected chi connectivity index (χ2v) is 5.23. The normalized spacial score (nSPS) is 16.4. The zero-order valence-electron chi connectivity index (χ0n) is 11.4. The van der Waals surface area contributed by atoms with Crippen LogP contribution in [0.5, 0.6) is 0 Å². The molecule has 0 amide bonds. The Morgan fingerprint density at radius 3 is 1.95 bits per heavy atom. The highest BCUT2D eigenvalue weighted by atomic mass is 19.1. The van der Waals surface area contributed by atoms with E-state index in [0.29, 0.717) is 5.92 Å². The van der Waals surface area contributed by atoms with Gasteiger partial charge in [-0.05, 0) is 34.6 Å². The molecule has 1 aliphatic rings. The van der Waals surface area contributed by atoms with Crippen molar-refractivity contribution in [2.45, 2.75) is 6.92 Å². The lowest BCUT2D eigenvalue weighted by Crippen LogP contribution is -2.43. The van der Waals surface area contributed by atoms with Gasteiger partial charge in [-0.2, -0.15) is 0 Å². The topological polar surface area (TPSA) is 18.5 Å². The summed E-state index contributed by atoms with van der Waals surface area (Å²) in [4.78, 5) is 0. The standard InChI is InChI=1S/C16H16BFO2/c1-12-10-19-17(20-11-12)15-6-2-13(3-7-15)14-4-8-16(18)9-5-14/h2-9,12H,10-11H2,1H3. The Kier molecular flexibility index (Phi) is 3.85. The summed E-state index contributed by atoms with van der Waals surface area (Å²) in [7, 11) is -0.270. The quantitative estimate of drug-likeness (QED) is 0.781. The van der Waals surface area contributed by atoms with E-state index in [9.17, 15) is 4.39 Å². The van der Waals surface area contributed by atoms with E-state index in [-0.39, 0.29) is 12.9 Å². The molecule has 1 saturated heterocycles. The summed E-state index contributed by atoms with van der Waals surface area (Å²) < 4.78 is 24.2. The molecule has 1 heterocycles. The summed E-state index contributed by atoms with van der Waals surface area (Å²) in [6, 6.07) is 14.5. The second kappa shape index (κ2) is 5.77. The van der Waals surface area contributed by atoms with Crippen LogP contribution in [0.2, 0.25) is 0 Å². The van der Waals surface area contributed by atoms with Crippen molar-refractivity contribution >= 4 is 12.6 Å². The van der Waals surface area contributed by atoms with E-state index in [1.165, 1.54) is 12.1 Å². The monoisotopic (exact) mass is 270 g/mol. The minimum absolute atomic E-state index is 0.219. The van der Waals surface area contributed by atoms with E-state index in [4.69, 9.17) is 9.31 Å². The maximum atomic E-state index is 12.9. The molecule has 0 N–H and O–H groups in total. The molecule has 2 aromatic rings. The molecule has 102 valence electrons. The second-order valence-electron chi connectivity index (χ2n) is 5.23. The van der Waals surface area contributed by atoms with Gasteiger partial charge in [0.05, 0.1) is 0 Å². The van der Waals surface area contributed by atoms with Crippen molar-refractivity contribution in [2.24, 2.45) is 5.92 Å². The van der Waals surface area contributed by atoms with E-state index in [1.54, 1.807) is 12.1 Å². The lowest BCUT2D eigenvalue weighted by molar-refractivity contribution is 0.0958. The molecule has 2 aromatic carbocycles. The van der Waals surface area contributed by atoms with Crippen LogP contribution in [0.1, 0.15) is 6.92 Å². The Balaban J connectivity index is 1.76. The molecule has 20 heavy (non-hydrogen) atoms. The smallest absolute Gasteiger partial charge is 0.407 e. The highest BCUT2D eigenvalue weighted by Crippen LogP contribution is 2.19. The van der Waals surface area contributed by atoms with Gasteiger partial charge < -0.3 is 9.31 Å². The Labute approximate surface area is 118 Å². The van der Waals surface area contributed by atoms with Gasteiger partial charge in [0, 0.05) is 13.2 Å². The van der Waals surface area contributed by atoms with Gasteiger partial charge in [-0.1, -0.05) is 43.3 Å². The van der Waals surface area contributed by atoms with Gasteiger partial charge in [-0.15, -0.1) is 0 Å². The number of rotatable bonds is 2. The molecule has 2 nitrogen and oxygen atoms in total. The number of halogens is 1. The van der Waals surface area contributed by atoms with Crippen LogP contribution in [-0.2, 0) is 9.31 Å². The number of hydrogen-bond donors (Lipinski definition) is 0. The molecular formula is C16H16BFO2. The van der Waals surface area contributed by atoms with Crippen LogP contribution in [0, 0.1) is 11.7 Å². The van der Waals surface area contributed by atoms with Gasteiger partial charge in [0.15, 0.2) is 0 Å². The van der Waals surface area contributed by atoms with Crippen molar-refractivity contribution in [1.29, 1.82) is 0 Å². The fourth-order valence-corrected chi connectivity index (χ4v) is 2.27. The van der Waals surface area contributed by atoms with Crippen LogP contribution in [0.15, 0.2) is 48.5 Å². The van der Waals surface area contributed by atoms with Gasteiger partial charge in [0.25, 0.3) is 0 Å². The minimum Gasteiger partial charge on any atom is -0.407 e. The first kappa shape index (κ1) is 13.3. The minimum atomic E-state index is -0.270. The highest BCUT2D eigenvalue weighted by Gasteiger charge is 2.27. The Hall–Kier alpha value is -1.65. The Bertz CT molecular complexity index is 560. The van der Waals surface area contributed by atoms with Gasteiger partial charge in [-0.25, -0.2) is 4.39 Å². The number of hydrogen-bond acceptors (Lipinski definition) is 2. The van der Waals surface area contributed by atoms with E-state index in [0.717, 1.165) is 29.8 Å². The predicted molar refractivity (Wildman–Crippen MR) is 78.3 cm³/mol. The first-order valence-electron chi connectivity index (χ1n) is 6.81. The third-order valence-corrected chi connectivity index (χ3v) is 3.42. The molecule has 0 unspecified atom stereocenters. The van der Waals surface area contributed by atoms with Crippen LogP contribution in [-0.4, -0.2) is 20.3 Å². The molecular weight excluding hydrogens is 254 g/mol. The van der Waals surface area contributed by atoms with Gasteiger partial charge >= 0.3 is 7.12 Å². The van der Waals surface area contributed by atoms with Crippen molar-refractivity contribution in [2.75, 3.05) is 13.2 Å². The van der Waals surface area contributed by atoms with E-state index < -0.39 is 0 Å². The summed E-state index contributed by atoms with van der Waals surface area (Å²) in [6.45, 7) is 3.56. The molecule has 3 rings (SSSR count). The fourth-order valence-electron chi connectivity index (χ4n) is 2.27.